The van der Waals surface area contributed by atoms with Crippen LogP contribution in [0.1, 0.15) is 59.3 Å². The summed E-state index contributed by atoms with van der Waals surface area (Å²) < 4.78 is 26.2. The van der Waals surface area contributed by atoms with Crippen molar-refractivity contribution in [1.29, 1.82) is 0 Å². The number of primary amides is 2. The molecule has 5 rings (SSSR count). The Bertz CT molecular complexity index is 1440. The van der Waals surface area contributed by atoms with Gasteiger partial charge in [0.2, 0.25) is 15.9 Å². The van der Waals surface area contributed by atoms with Crippen molar-refractivity contribution in [3.63, 3.8) is 0 Å². The predicted molar refractivity (Wildman–Crippen MR) is 146 cm³/mol. The van der Waals surface area contributed by atoms with E-state index < -0.39 is 15.9 Å². The number of carbonyl (C=O) groups excluding carboxylic acids is 2. The molecule has 0 unspecified atom stereocenters. The van der Waals surface area contributed by atoms with E-state index >= 15 is 0 Å². The maximum absolute atomic E-state index is 12.4. The van der Waals surface area contributed by atoms with Crippen LogP contribution >= 0.6 is 11.3 Å². The molecule has 2 aliphatic heterocycles. The summed E-state index contributed by atoms with van der Waals surface area (Å²) in [5.74, 6) is -0.475. The zero-order valence-electron chi connectivity index (χ0n) is 20.9. The number of likely N-dealkylation sites (tertiary alicyclic amines) is 1. The number of nitrogens with two attached hydrogens (primary N) is 2. The van der Waals surface area contributed by atoms with E-state index in [4.69, 9.17) is 11.5 Å². The van der Waals surface area contributed by atoms with Gasteiger partial charge < -0.3 is 16.5 Å². The van der Waals surface area contributed by atoms with Gasteiger partial charge >= 0.3 is 0 Å². The molecule has 0 spiro atoms. The monoisotopic (exact) mass is 543 g/mol. The van der Waals surface area contributed by atoms with Gasteiger partial charge in [-0.25, -0.2) is 12.7 Å². The highest BCUT2D eigenvalue weighted by Gasteiger charge is 2.30. The Labute approximate surface area is 220 Å². The van der Waals surface area contributed by atoms with E-state index in [9.17, 15) is 18.0 Å². The summed E-state index contributed by atoms with van der Waals surface area (Å²) in [6, 6.07) is 5.81. The molecule has 0 aliphatic carbocycles. The van der Waals surface area contributed by atoms with Gasteiger partial charge in [-0.2, -0.15) is 0 Å². The van der Waals surface area contributed by atoms with E-state index in [0.29, 0.717) is 30.7 Å². The Balaban J connectivity index is 1.43. The molecule has 198 valence electrons. The number of aromatic amines is 1. The molecule has 0 saturated carbocycles. The van der Waals surface area contributed by atoms with Gasteiger partial charge in [0.05, 0.1) is 22.9 Å². The van der Waals surface area contributed by atoms with Gasteiger partial charge in [-0.05, 0) is 85.3 Å². The van der Waals surface area contributed by atoms with Crippen molar-refractivity contribution in [3.05, 3.63) is 45.8 Å². The van der Waals surface area contributed by atoms with Crippen molar-refractivity contribution in [2.24, 2.45) is 11.5 Å². The number of piperidine rings is 1. The minimum atomic E-state index is -3.20. The maximum Gasteiger partial charge on any atom is 0.250 e. The molecule has 11 heteroatoms. The van der Waals surface area contributed by atoms with Crippen LogP contribution in [0, 0.1) is 0 Å². The molecule has 2 saturated heterocycles. The van der Waals surface area contributed by atoms with Gasteiger partial charge in [-0.15, -0.1) is 11.3 Å². The molecule has 0 bridgehead atoms. The summed E-state index contributed by atoms with van der Waals surface area (Å²) in [5.41, 5.74) is 15.5. The van der Waals surface area contributed by atoms with Crippen LogP contribution in [-0.2, 0) is 21.4 Å². The first-order valence-corrected chi connectivity index (χ1v) is 15.2. The van der Waals surface area contributed by atoms with Gasteiger partial charge in [0.1, 0.15) is 0 Å². The fourth-order valence-electron chi connectivity index (χ4n) is 5.73. The van der Waals surface area contributed by atoms with Crippen LogP contribution in [0.25, 0.3) is 22.0 Å². The molecule has 2 aromatic heterocycles. The first-order valence-electron chi connectivity index (χ1n) is 12.7. The number of rotatable bonds is 8. The lowest BCUT2D eigenvalue weighted by Gasteiger charge is -2.31. The van der Waals surface area contributed by atoms with E-state index in [1.165, 1.54) is 0 Å². The van der Waals surface area contributed by atoms with Crippen LogP contribution < -0.4 is 11.5 Å². The summed E-state index contributed by atoms with van der Waals surface area (Å²) in [4.78, 5) is 30.7. The first kappa shape index (κ1) is 25.9. The number of hydrogen-bond donors (Lipinski definition) is 3. The average molecular weight is 544 g/mol. The van der Waals surface area contributed by atoms with E-state index in [-0.39, 0.29) is 23.6 Å². The van der Waals surface area contributed by atoms with Crippen LogP contribution in [0.2, 0.25) is 0 Å². The number of benzene rings is 1. The molecule has 9 nitrogen and oxygen atoms in total. The Morgan fingerprint density at radius 1 is 1.08 bits per heavy atom. The molecule has 2 fully saturated rings. The fraction of sp³-hybridized carbons (Fsp3) is 0.462. The third-order valence-corrected chi connectivity index (χ3v) is 10.6. The van der Waals surface area contributed by atoms with Crippen molar-refractivity contribution < 1.29 is 18.0 Å². The van der Waals surface area contributed by atoms with Crippen molar-refractivity contribution in [3.8, 4) is 11.1 Å². The zero-order chi connectivity index (χ0) is 26.3. The number of thiophene rings is 1. The van der Waals surface area contributed by atoms with Crippen molar-refractivity contribution in [2.75, 3.05) is 25.4 Å². The number of hydrogen-bond acceptors (Lipinski definition) is 6. The number of aromatic nitrogens is 1. The van der Waals surface area contributed by atoms with Crippen LogP contribution in [0.4, 0.5) is 0 Å². The van der Waals surface area contributed by atoms with Gasteiger partial charge in [0.25, 0.3) is 5.91 Å². The SMILES string of the molecule is CCS(=O)(=O)N1CCC(c2c[nH]c3c(C(N)=O)cc(-c4csc(CN5CCC[C@@H]5C(N)=O)c4)cc23)CC1. The van der Waals surface area contributed by atoms with Gasteiger partial charge in [0.15, 0.2) is 0 Å². The zero-order valence-corrected chi connectivity index (χ0v) is 22.5. The lowest BCUT2D eigenvalue weighted by molar-refractivity contribution is -0.122. The molecule has 1 atom stereocenters. The number of sulfonamides is 1. The fourth-order valence-corrected chi connectivity index (χ4v) is 7.78. The molecular weight excluding hydrogens is 510 g/mol. The Morgan fingerprint density at radius 3 is 2.51 bits per heavy atom. The number of nitrogens with zero attached hydrogens (tertiary/aromatic N) is 2. The number of H-pyrrole nitrogens is 1. The highest BCUT2D eigenvalue weighted by Crippen LogP contribution is 2.38. The summed E-state index contributed by atoms with van der Waals surface area (Å²) in [5, 5.41) is 3.01. The smallest absolute Gasteiger partial charge is 0.250 e. The maximum atomic E-state index is 12.4. The standard InChI is InChI=1S/C26H33N5O4S2/c1-2-37(34,35)31-8-5-16(6-9-31)22-13-29-24-20(22)11-17(12-21(24)25(27)32)18-10-19(36-15-18)14-30-7-3-4-23(30)26(28)33/h10-13,15-16,23,29H,2-9,14H2,1H3,(H2,27,32)(H2,28,33)/t23-/m1/s1. The molecule has 3 aromatic rings. The van der Waals surface area contributed by atoms with E-state index in [2.05, 4.69) is 27.4 Å². The molecule has 1 aromatic carbocycles. The summed E-state index contributed by atoms with van der Waals surface area (Å²) in [7, 11) is -3.20. The van der Waals surface area contributed by atoms with Crippen molar-refractivity contribution in [1.82, 2.24) is 14.2 Å². The van der Waals surface area contributed by atoms with Crippen molar-refractivity contribution >= 4 is 44.1 Å². The van der Waals surface area contributed by atoms with E-state index in [0.717, 1.165) is 59.2 Å². The van der Waals surface area contributed by atoms with E-state index in [1.807, 2.05) is 12.3 Å². The van der Waals surface area contributed by atoms with Gasteiger partial charge in [0, 0.05) is 36.1 Å². The molecule has 5 N–H and O–H groups in total. The Kier molecular flexibility index (Phi) is 7.14. The molecule has 4 heterocycles. The summed E-state index contributed by atoms with van der Waals surface area (Å²) in [6.07, 6.45) is 5.14. The lowest BCUT2D eigenvalue weighted by atomic mass is 9.88. The van der Waals surface area contributed by atoms with Crippen molar-refractivity contribution in [2.45, 2.75) is 51.1 Å². The van der Waals surface area contributed by atoms with E-state index in [1.54, 1.807) is 22.6 Å². The van der Waals surface area contributed by atoms with Gasteiger partial charge in [-0.3, -0.25) is 14.5 Å². The lowest BCUT2D eigenvalue weighted by Crippen LogP contribution is -2.39. The predicted octanol–water partition coefficient (Wildman–Crippen LogP) is 2.97. The molecular formula is C26H33N5O4S2. The highest BCUT2D eigenvalue weighted by atomic mass is 32.2. The summed E-state index contributed by atoms with van der Waals surface area (Å²) >= 11 is 1.62. The third-order valence-electron chi connectivity index (χ3n) is 7.78. The largest absolute Gasteiger partial charge is 0.368 e. The van der Waals surface area contributed by atoms with Crippen LogP contribution in [0.5, 0.6) is 0 Å². The summed E-state index contributed by atoms with van der Waals surface area (Å²) in [6.45, 7) is 4.17. The first-order chi connectivity index (χ1) is 17.7. The number of fused-ring (bicyclic) bond motifs is 1. The third kappa shape index (κ3) is 5.05. The molecule has 2 aliphatic rings. The van der Waals surface area contributed by atoms with Gasteiger partial charge in [-0.1, -0.05) is 0 Å². The number of nitrogens with one attached hydrogen (secondary N) is 1. The normalized spacial score (nSPS) is 20.1. The Morgan fingerprint density at radius 2 is 1.84 bits per heavy atom. The number of carbonyl (C=O) groups is 2. The topological polar surface area (TPSA) is 143 Å². The second kappa shape index (κ2) is 10.2. The average Bonchev–Trinajstić information content (AvgIpc) is 3.63. The Hall–Kier alpha value is -2.73. The molecule has 37 heavy (non-hydrogen) atoms. The number of amides is 2. The minimum absolute atomic E-state index is 0.111. The second-order valence-corrected chi connectivity index (χ2v) is 13.2. The molecule has 2 amide bonds. The second-order valence-electron chi connectivity index (χ2n) is 9.96. The van der Waals surface area contributed by atoms with Crippen LogP contribution in [0.3, 0.4) is 0 Å². The molecule has 0 radical (unpaired) electrons. The highest BCUT2D eigenvalue weighted by molar-refractivity contribution is 7.89. The quantitative estimate of drug-likeness (QED) is 0.400. The van der Waals surface area contributed by atoms with Crippen LogP contribution in [0.15, 0.2) is 29.8 Å². The minimum Gasteiger partial charge on any atom is -0.368 e. The van der Waals surface area contributed by atoms with Crippen LogP contribution in [-0.4, -0.2) is 65.9 Å².